The summed E-state index contributed by atoms with van der Waals surface area (Å²) in [5, 5.41) is 9.52. The van der Waals surface area contributed by atoms with Crippen LogP contribution >= 0.6 is 0 Å². The first-order valence-corrected chi connectivity index (χ1v) is 4.32. The molecule has 0 aliphatic heterocycles. The Balaban J connectivity index is 2.64. The van der Waals surface area contributed by atoms with E-state index in [0.29, 0.717) is 22.6 Å². The highest BCUT2D eigenvalue weighted by molar-refractivity contribution is 6.06. The Hall–Kier alpha value is -1.55. The molecule has 0 radical (unpaired) electrons. The van der Waals surface area contributed by atoms with E-state index < -0.39 is 6.10 Å². The number of carbonyl (C=O) groups is 1. The van der Waals surface area contributed by atoms with Gasteiger partial charge in [-0.05, 0) is 11.6 Å². The van der Waals surface area contributed by atoms with Gasteiger partial charge in [-0.25, -0.2) is 0 Å². The number of benzene rings is 1. The van der Waals surface area contributed by atoms with Gasteiger partial charge in [0, 0.05) is 6.42 Å². The lowest BCUT2D eigenvalue weighted by molar-refractivity contribution is 0.0930. The van der Waals surface area contributed by atoms with E-state index in [-0.39, 0.29) is 12.2 Å². The molecule has 0 fully saturated rings. The number of fused-ring (bicyclic) bond motifs is 1. The van der Waals surface area contributed by atoms with Crippen molar-refractivity contribution >= 4 is 11.5 Å². The van der Waals surface area contributed by atoms with Gasteiger partial charge in [-0.2, -0.15) is 0 Å². The van der Waals surface area contributed by atoms with Crippen LogP contribution in [0.4, 0.5) is 5.69 Å². The molecule has 14 heavy (non-hydrogen) atoms. The Morgan fingerprint density at radius 1 is 1.57 bits per heavy atom. The average Bonchev–Trinajstić information content (AvgIpc) is 2.44. The van der Waals surface area contributed by atoms with Crippen LogP contribution in [-0.2, 0) is 0 Å². The van der Waals surface area contributed by atoms with Crippen molar-refractivity contribution < 1.29 is 14.6 Å². The lowest BCUT2D eigenvalue weighted by Gasteiger charge is -2.08. The van der Waals surface area contributed by atoms with Crippen LogP contribution in [0, 0.1) is 0 Å². The van der Waals surface area contributed by atoms with Gasteiger partial charge in [-0.15, -0.1) is 0 Å². The summed E-state index contributed by atoms with van der Waals surface area (Å²) in [6.45, 7) is 0. The summed E-state index contributed by atoms with van der Waals surface area (Å²) in [4.78, 5) is 11.5. The van der Waals surface area contributed by atoms with Crippen LogP contribution in [0.2, 0.25) is 0 Å². The van der Waals surface area contributed by atoms with Crippen molar-refractivity contribution in [2.45, 2.75) is 12.5 Å². The number of nitrogen functional groups attached to an aromatic ring is 1. The fourth-order valence-corrected chi connectivity index (χ4v) is 1.77. The van der Waals surface area contributed by atoms with E-state index in [1.165, 1.54) is 7.11 Å². The zero-order chi connectivity index (χ0) is 10.3. The maximum absolute atomic E-state index is 11.5. The second-order valence-electron chi connectivity index (χ2n) is 3.29. The summed E-state index contributed by atoms with van der Waals surface area (Å²) < 4.78 is 4.99. The van der Waals surface area contributed by atoms with Crippen LogP contribution in [0.3, 0.4) is 0 Å². The summed E-state index contributed by atoms with van der Waals surface area (Å²) in [5.41, 5.74) is 7.09. The zero-order valence-electron chi connectivity index (χ0n) is 7.78. The minimum atomic E-state index is -0.717. The smallest absolute Gasteiger partial charge is 0.168 e. The van der Waals surface area contributed by atoms with Crippen molar-refractivity contribution in [3.8, 4) is 5.75 Å². The Morgan fingerprint density at radius 2 is 2.29 bits per heavy atom. The highest BCUT2D eigenvalue weighted by Gasteiger charge is 2.30. The van der Waals surface area contributed by atoms with E-state index in [2.05, 4.69) is 0 Å². The number of ketones is 1. The van der Waals surface area contributed by atoms with E-state index in [1.807, 2.05) is 0 Å². The van der Waals surface area contributed by atoms with Crippen LogP contribution in [0.1, 0.15) is 28.4 Å². The first-order valence-electron chi connectivity index (χ1n) is 4.32. The third kappa shape index (κ3) is 1.08. The number of hydrogen-bond acceptors (Lipinski definition) is 4. The SMILES string of the molecule is COc1ccc2c(c1N)C(=O)CC2O. The van der Waals surface area contributed by atoms with Gasteiger partial charge < -0.3 is 15.6 Å². The molecule has 1 atom stereocenters. The number of aliphatic hydroxyl groups excluding tert-OH is 1. The molecular formula is C10H11NO3. The molecule has 1 aromatic carbocycles. The first kappa shape index (κ1) is 9.02. The number of hydrogen-bond donors (Lipinski definition) is 2. The van der Waals surface area contributed by atoms with Crippen molar-refractivity contribution in [3.63, 3.8) is 0 Å². The van der Waals surface area contributed by atoms with Crippen molar-refractivity contribution in [2.75, 3.05) is 12.8 Å². The molecule has 1 unspecified atom stereocenters. The van der Waals surface area contributed by atoms with Gasteiger partial charge >= 0.3 is 0 Å². The standard InChI is InChI=1S/C10H11NO3/c1-14-8-3-2-5-6(12)4-7(13)9(5)10(8)11/h2-3,6,12H,4,11H2,1H3. The monoisotopic (exact) mass is 193 g/mol. The molecule has 2 rings (SSSR count). The van der Waals surface area contributed by atoms with Crippen LogP contribution in [-0.4, -0.2) is 18.0 Å². The highest BCUT2D eigenvalue weighted by Crippen LogP contribution is 2.38. The number of anilines is 1. The normalized spacial score (nSPS) is 19.6. The van der Waals surface area contributed by atoms with Crippen LogP contribution in [0.25, 0.3) is 0 Å². The predicted molar refractivity (Wildman–Crippen MR) is 51.3 cm³/mol. The minimum absolute atomic E-state index is 0.118. The van der Waals surface area contributed by atoms with Crippen LogP contribution < -0.4 is 10.5 Å². The topological polar surface area (TPSA) is 72.5 Å². The molecule has 0 saturated heterocycles. The van der Waals surface area contributed by atoms with E-state index in [4.69, 9.17) is 10.5 Å². The van der Waals surface area contributed by atoms with Crippen LogP contribution in [0.5, 0.6) is 5.75 Å². The largest absolute Gasteiger partial charge is 0.495 e. The summed E-state index contributed by atoms with van der Waals surface area (Å²) in [6.07, 6.45) is -0.599. The number of nitrogens with two attached hydrogens (primary N) is 1. The molecule has 0 saturated carbocycles. The Bertz CT molecular complexity index is 401. The highest BCUT2D eigenvalue weighted by atomic mass is 16.5. The summed E-state index contributed by atoms with van der Waals surface area (Å²) in [5.74, 6) is 0.357. The van der Waals surface area contributed by atoms with Gasteiger partial charge in [-0.3, -0.25) is 4.79 Å². The van der Waals surface area contributed by atoms with Gasteiger partial charge in [0.25, 0.3) is 0 Å². The van der Waals surface area contributed by atoms with Crippen molar-refractivity contribution in [2.24, 2.45) is 0 Å². The van der Waals surface area contributed by atoms with Crippen LogP contribution in [0.15, 0.2) is 12.1 Å². The Labute approximate surface area is 81.3 Å². The molecule has 0 spiro atoms. The number of carbonyl (C=O) groups excluding carboxylic acids is 1. The van der Waals surface area contributed by atoms with Crippen molar-refractivity contribution in [1.29, 1.82) is 0 Å². The quantitative estimate of drug-likeness (QED) is 0.650. The van der Waals surface area contributed by atoms with Gasteiger partial charge in [0.15, 0.2) is 5.78 Å². The summed E-state index contributed by atoms with van der Waals surface area (Å²) >= 11 is 0. The number of aliphatic hydroxyl groups is 1. The van der Waals surface area contributed by atoms with Crippen molar-refractivity contribution in [3.05, 3.63) is 23.3 Å². The maximum atomic E-state index is 11.5. The molecular weight excluding hydrogens is 182 g/mol. The lowest BCUT2D eigenvalue weighted by atomic mass is 10.1. The zero-order valence-corrected chi connectivity index (χ0v) is 7.78. The molecule has 74 valence electrons. The molecule has 1 aliphatic rings. The second kappa shape index (κ2) is 2.99. The van der Waals surface area contributed by atoms with E-state index in [1.54, 1.807) is 12.1 Å². The minimum Gasteiger partial charge on any atom is -0.495 e. The predicted octanol–water partition coefficient (Wildman–Crippen LogP) is 0.897. The van der Waals surface area contributed by atoms with E-state index in [0.717, 1.165) is 0 Å². The van der Waals surface area contributed by atoms with E-state index >= 15 is 0 Å². The molecule has 1 aliphatic carbocycles. The number of Topliss-reactive ketones (excluding diaryl/α,β-unsaturated/α-hetero) is 1. The molecule has 4 nitrogen and oxygen atoms in total. The third-order valence-electron chi connectivity index (χ3n) is 2.47. The molecule has 4 heteroatoms. The Kier molecular flexibility index (Phi) is 1.93. The first-order chi connectivity index (χ1) is 6.65. The Morgan fingerprint density at radius 3 is 2.93 bits per heavy atom. The third-order valence-corrected chi connectivity index (χ3v) is 2.47. The summed E-state index contributed by atoms with van der Waals surface area (Å²) in [7, 11) is 1.49. The van der Waals surface area contributed by atoms with Gasteiger partial charge in [0.05, 0.1) is 24.5 Å². The van der Waals surface area contributed by atoms with Gasteiger partial charge in [-0.1, -0.05) is 6.07 Å². The summed E-state index contributed by atoms with van der Waals surface area (Å²) in [6, 6.07) is 3.34. The molecule has 0 amide bonds. The fraction of sp³-hybridized carbons (Fsp3) is 0.300. The lowest BCUT2D eigenvalue weighted by Crippen LogP contribution is -2.01. The second-order valence-corrected chi connectivity index (χ2v) is 3.29. The number of methoxy groups -OCH3 is 1. The van der Waals surface area contributed by atoms with Gasteiger partial charge in [0.1, 0.15) is 5.75 Å². The van der Waals surface area contributed by atoms with E-state index in [9.17, 15) is 9.90 Å². The molecule has 0 aromatic heterocycles. The molecule has 3 N–H and O–H groups in total. The number of rotatable bonds is 1. The maximum Gasteiger partial charge on any atom is 0.168 e. The fourth-order valence-electron chi connectivity index (χ4n) is 1.77. The van der Waals surface area contributed by atoms with Gasteiger partial charge in [0.2, 0.25) is 0 Å². The van der Waals surface area contributed by atoms with Crippen molar-refractivity contribution in [1.82, 2.24) is 0 Å². The number of ether oxygens (including phenoxy) is 1. The molecule has 0 heterocycles. The molecule has 0 bridgehead atoms. The molecule has 1 aromatic rings. The average molecular weight is 193 g/mol.